The molecule has 0 aliphatic heterocycles. The molecule has 0 atom stereocenters. The number of pyridine rings is 1. The Balaban J connectivity index is 2.47. The Morgan fingerprint density at radius 3 is 2.40 bits per heavy atom. The smallest absolute Gasteiger partial charge is 0.417 e. The monoisotopic (exact) mass is 393 g/mol. The second-order valence-electron chi connectivity index (χ2n) is 5.05. The van der Waals surface area contributed by atoms with Crippen molar-refractivity contribution in [2.24, 2.45) is 0 Å². The lowest BCUT2D eigenvalue weighted by atomic mass is 10.1. The summed E-state index contributed by atoms with van der Waals surface area (Å²) in [5.74, 6) is 0.184. The van der Waals surface area contributed by atoms with Crippen molar-refractivity contribution in [2.45, 2.75) is 11.1 Å². The van der Waals surface area contributed by atoms with Crippen molar-refractivity contribution in [1.82, 2.24) is 4.98 Å². The van der Waals surface area contributed by atoms with Crippen LogP contribution in [0, 0.1) is 0 Å². The SMILES string of the molecule is CS(=O)(=O)c1ccc(-c2cc(C(F)(F)F)cnc2OCCSO)cc1. The van der Waals surface area contributed by atoms with Gasteiger partial charge in [-0.2, -0.15) is 13.2 Å². The van der Waals surface area contributed by atoms with Crippen LogP contribution in [0.5, 0.6) is 5.88 Å². The molecule has 136 valence electrons. The van der Waals surface area contributed by atoms with E-state index in [0.29, 0.717) is 23.8 Å². The van der Waals surface area contributed by atoms with Crippen molar-refractivity contribution >= 4 is 21.9 Å². The summed E-state index contributed by atoms with van der Waals surface area (Å²) in [6.45, 7) is 0.0496. The van der Waals surface area contributed by atoms with E-state index in [-0.39, 0.29) is 28.7 Å². The number of halogens is 3. The van der Waals surface area contributed by atoms with Crippen LogP contribution >= 0.6 is 12.0 Å². The van der Waals surface area contributed by atoms with E-state index >= 15 is 0 Å². The van der Waals surface area contributed by atoms with Gasteiger partial charge in [0.25, 0.3) is 0 Å². The second kappa shape index (κ2) is 7.63. The summed E-state index contributed by atoms with van der Waals surface area (Å²) >= 11 is 0.535. The van der Waals surface area contributed by atoms with E-state index in [2.05, 4.69) is 4.98 Å². The first-order valence-electron chi connectivity index (χ1n) is 6.90. The van der Waals surface area contributed by atoms with Crippen LogP contribution < -0.4 is 4.74 Å². The minimum atomic E-state index is -4.58. The third kappa shape index (κ3) is 5.10. The fourth-order valence-electron chi connectivity index (χ4n) is 1.99. The van der Waals surface area contributed by atoms with Crippen LogP contribution in [0.2, 0.25) is 0 Å². The molecule has 1 aromatic heterocycles. The fraction of sp³-hybridized carbons (Fsp3) is 0.267. The summed E-state index contributed by atoms with van der Waals surface area (Å²) in [4.78, 5) is 3.76. The Morgan fingerprint density at radius 1 is 1.24 bits per heavy atom. The second-order valence-corrected chi connectivity index (χ2v) is 7.73. The van der Waals surface area contributed by atoms with E-state index in [1.54, 1.807) is 0 Å². The Bertz CT molecular complexity index is 837. The predicted octanol–water partition coefficient (Wildman–Crippen LogP) is 3.76. The van der Waals surface area contributed by atoms with Crippen molar-refractivity contribution in [1.29, 1.82) is 0 Å². The molecule has 0 unspecified atom stereocenters. The van der Waals surface area contributed by atoms with Crippen LogP contribution in [0.15, 0.2) is 41.4 Å². The number of aromatic nitrogens is 1. The van der Waals surface area contributed by atoms with Gasteiger partial charge in [-0.1, -0.05) is 12.1 Å². The molecule has 0 spiro atoms. The molecule has 1 aromatic carbocycles. The number of nitrogens with zero attached hydrogens (tertiary/aromatic N) is 1. The number of alkyl halides is 3. The van der Waals surface area contributed by atoms with Crippen LogP contribution in [0.4, 0.5) is 13.2 Å². The standard InChI is InChI=1S/C15H14F3NO4S2/c1-25(21,22)12-4-2-10(3-5-12)13-8-11(15(16,17)18)9-19-14(13)23-6-7-24-20/h2-5,8-9,20H,6-7H2,1H3. The lowest BCUT2D eigenvalue weighted by molar-refractivity contribution is -0.137. The number of sulfone groups is 1. The van der Waals surface area contributed by atoms with Crippen LogP contribution in [-0.2, 0) is 16.0 Å². The van der Waals surface area contributed by atoms with Crippen molar-refractivity contribution < 1.29 is 30.9 Å². The van der Waals surface area contributed by atoms with E-state index in [4.69, 9.17) is 9.29 Å². The Labute approximate surface area is 147 Å². The van der Waals surface area contributed by atoms with E-state index in [1.165, 1.54) is 24.3 Å². The largest absolute Gasteiger partial charge is 0.476 e. The Kier molecular flexibility index (Phi) is 5.96. The minimum Gasteiger partial charge on any atom is -0.476 e. The maximum absolute atomic E-state index is 12.9. The third-order valence-electron chi connectivity index (χ3n) is 3.19. The fourth-order valence-corrected chi connectivity index (χ4v) is 2.77. The van der Waals surface area contributed by atoms with Crippen molar-refractivity contribution in [3.63, 3.8) is 0 Å². The first-order chi connectivity index (χ1) is 11.6. The van der Waals surface area contributed by atoms with Crippen molar-refractivity contribution in [3.8, 4) is 17.0 Å². The molecule has 0 aliphatic carbocycles. The number of hydrogen-bond acceptors (Lipinski definition) is 6. The van der Waals surface area contributed by atoms with Gasteiger partial charge in [-0.05, 0) is 35.8 Å². The molecule has 0 fully saturated rings. The average Bonchev–Trinajstić information content (AvgIpc) is 2.53. The van der Waals surface area contributed by atoms with Crippen molar-refractivity contribution in [3.05, 3.63) is 42.1 Å². The van der Waals surface area contributed by atoms with Gasteiger partial charge < -0.3 is 9.29 Å². The van der Waals surface area contributed by atoms with Gasteiger partial charge in [0.1, 0.15) is 6.61 Å². The Hall–Kier alpha value is -1.78. The molecule has 0 amide bonds. The van der Waals surface area contributed by atoms with Gasteiger partial charge in [0.2, 0.25) is 5.88 Å². The zero-order valence-corrected chi connectivity index (χ0v) is 14.6. The Morgan fingerprint density at radius 2 is 1.88 bits per heavy atom. The molecule has 10 heteroatoms. The minimum absolute atomic E-state index is 0.0332. The highest BCUT2D eigenvalue weighted by molar-refractivity contribution is 7.93. The molecule has 0 saturated heterocycles. The summed E-state index contributed by atoms with van der Waals surface area (Å²) in [5, 5.41) is 0. The predicted molar refractivity (Wildman–Crippen MR) is 88.4 cm³/mol. The molecule has 2 aromatic rings. The van der Waals surface area contributed by atoms with Gasteiger partial charge >= 0.3 is 6.18 Å². The normalized spacial score (nSPS) is 12.2. The topological polar surface area (TPSA) is 76.5 Å². The molecular weight excluding hydrogens is 379 g/mol. The van der Waals surface area contributed by atoms with Gasteiger partial charge in [0.05, 0.1) is 16.2 Å². The lowest BCUT2D eigenvalue weighted by Crippen LogP contribution is -2.08. The van der Waals surface area contributed by atoms with E-state index in [9.17, 15) is 21.6 Å². The highest BCUT2D eigenvalue weighted by atomic mass is 32.2. The van der Waals surface area contributed by atoms with Gasteiger partial charge in [0, 0.05) is 18.0 Å². The highest BCUT2D eigenvalue weighted by Gasteiger charge is 2.32. The summed E-state index contributed by atoms with van der Waals surface area (Å²) in [7, 11) is -3.42. The van der Waals surface area contributed by atoms with Gasteiger partial charge in [-0.3, -0.25) is 0 Å². The van der Waals surface area contributed by atoms with Crippen molar-refractivity contribution in [2.75, 3.05) is 18.6 Å². The molecular formula is C15H14F3NO4S2. The summed E-state index contributed by atoms with van der Waals surface area (Å²) < 4.78 is 75.8. The maximum atomic E-state index is 12.9. The quantitative estimate of drug-likeness (QED) is 0.595. The molecule has 0 aliphatic rings. The third-order valence-corrected chi connectivity index (χ3v) is 4.66. The molecule has 1 N–H and O–H groups in total. The van der Waals surface area contributed by atoms with Gasteiger partial charge in [-0.25, -0.2) is 13.4 Å². The summed E-state index contributed by atoms with van der Waals surface area (Å²) in [6.07, 6.45) is -2.88. The zero-order chi connectivity index (χ0) is 18.7. The molecule has 2 rings (SSSR count). The van der Waals surface area contributed by atoms with E-state index < -0.39 is 21.6 Å². The number of ether oxygens (including phenoxy) is 1. The molecule has 5 nitrogen and oxygen atoms in total. The number of rotatable bonds is 6. The maximum Gasteiger partial charge on any atom is 0.417 e. The van der Waals surface area contributed by atoms with Crippen LogP contribution in [-0.4, -0.2) is 36.6 Å². The number of hydrogen-bond donors (Lipinski definition) is 1. The van der Waals surface area contributed by atoms with E-state index in [1.807, 2.05) is 0 Å². The van der Waals surface area contributed by atoms with Gasteiger partial charge in [0.15, 0.2) is 9.84 Å². The van der Waals surface area contributed by atoms with Gasteiger partial charge in [-0.15, -0.1) is 0 Å². The van der Waals surface area contributed by atoms with Crippen LogP contribution in [0.25, 0.3) is 11.1 Å². The average molecular weight is 393 g/mol. The molecule has 25 heavy (non-hydrogen) atoms. The first kappa shape index (κ1) is 19.5. The summed E-state index contributed by atoms with van der Waals surface area (Å²) in [6, 6.07) is 6.28. The molecule has 1 heterocycles. The molecule has 0 saturated carbocycles. The highest BCUT2D eigenvalue weighted by Crippen LogP contribution is 2.36. The van der Waals surface area contributed by atoms with Crippen LogP contribution in [0.3, 0.4) is 0 Å². The first-order valence-corrected chi connectivity index (χ1v) is 9.73. The molecule has 0 radical (unpaired) electrons. The zero-order valence-electron chi connectivity index (χ0n) is 12.9. The summed E-state index contributed by atoms with van der Waals surface area (Å²) in [5.41, 5.74) is -0.533. The number of benzene rings is 1. The van der Waals surface area contributed by atoms with E-state index in [0.717, 1.165) is 12.3 Å². The van der Waals surface area contributed by atoms with Crippen LogP contribution in [0.1, 0.15) is 5.56 Å². The lowest BCUT2D eigenvalue weighted by Gasteiger charge is -2.13. The molecule has 0 bridgehead atoms.